The maximum Gasteiger partial charge on any atom is 0.328 e. The number of amides is 1. The molecular weight excluding hydrogens is 196 g/mol. The molecule has 0 saturated heterocycles. The number of ether oxygens (including phenoxy) is 1. The van der Waals surface area contributed by atoms with Crippen molar-refractivity contribution in [3.05, 3.63) is 0 Å². The highest BCUT2D eigenvalue weighted by Crippen LogP contribution is 2.08. The lowest BCUT2D eigenvalue weighted by atomic mass is 10.2. The van der Waals surface area contributed by atoms with Gasteiger partial charge in [-0.3, -0.25) is 4.79 Å². The number of esters is 1. The molecule has 88 valence electrons. The van der Waals surface area contributed by atoms with E-state index in [4.69, 9.17) is 10.5 Å². The topological polar surface area (TPSA) is 81.4 Å². The Morgan fingerprint density at radius 3 is 2.07 bits per heavy atom. The number of rotatable bonds is 3. The van der Waals surface area contributed by atoms with Crippen LogP contribution in [-0.4, -0.2) is 29.6 Å². The predicted molar refractivity (Wildman–Crippen MR) is 57.1 cm³/mol. The average Bonchev–Trinajstić information content (AvgIpc) is 2.00. The van der Waals surface area contributed by atoms with Gasteiger partial charge in [-0.25, -0.2) is 4.79 Å². The molecule has 0 radical (unpaired) electrons. The normalized spacial score (nSPS) is 15.3. The van der Waals surface area contributed by atoms with Crippen LogP contribution < -0.4 is 11.1 Å². The Morgan fingerprint density at radius 1 is 1.27 bits per heavy atom. The van der Waals surface area contributed by atoms with Crippen molar-refractivity contribution < 1.29 is 14.3 Å². The van der Waals surface area contributed by atoms with Crippen molar-refractivity contribution in [2.75, 3.05) is 0 Å². The Hall–Kier alpha value is -1.10. The molecule has 0 rings (SSSR count). The maximum absolute atomic E-state index is 11.4. The van der Waals surface area contributed by atoms with E-state index in [2.05, 4.69) is 5.32 Å². The van der Waals surface area contributed by atoms with Crippen LogP contribution in [0.15, 0.2) is 0 Å². The van der Waals surface area contributed by atoms with Crippen molar-refractivity contribution in [1.29, 1.82) is 0 Å². The molecule has 0 aromatic rings. The van der Waals surface area contributed by atoms with Gasteiger partial charge in [0.25, 0.3) is 0 Å². The van der Waals surface area contributed by atoms with E-state index in [9.17, 15) is 9.59 Å². The van der Waals surface area contributed by atoms with Crippen LogP contribution in [0.25, 0.3) is 0 Å². The summed E-state index contributed by atoms with van der Waals surface area (Å²) in [5.41, 5.74) is 4.80. The van der Waals surface area contributed by atoms with E-state index in [0.717, 1.165) is 0 Å². The summed E-state index contributed by atoms with van der Waals surface area (Å²) in [5, 5.41) is 2.46. The van der Waals surface area contributed by atoms with Gasteiger partial charge in [-0.2, -0.15) is 0 Å². The molecule has 0 aromatic carbocycles. The molecule has 0 aliphatic heterocycles. The molecule has 0 fully saturated rings. The van der Waals surface area contributed by atoms with E-state index >= 15 is 0 Å². The molecule has 5 heteroatoms. The van der Waals surface area contributed by atoms with Crippen molar-refractivity contribution in [1.82, 2.24) is 5.32 Å². The van der Waals surface area contributed by atoms with E-state index in [1.165, 1.54) is 0 Å². The van der Waals surface area contributed by atoms with Crippen LogP contribution in [0.4, 0.5) is 0 Å². The molecule has 15 heavy (non-hydrogen) atoms. The zero-order valence-corrected chi connectivity index (χ0v) is 9.96. The van der Waals surface area contributed by atoms with Gasteiger partial charge in [0, 0.05) is 0 Å². The fraction of sp³-hybridized carbons (Fsp3) is 0.800. The lowest BCUT2D eigenvalue weighted by molar-refractivity contribution is -0.158. The highest BCUT2D eigenvalue weighted by atomic mass is 16.6. The minimum atomic E-state index is -0.678. The molecule has 0 heterocycles. The molecule has 0 bridgehead atoms. The monoisotopic (exact) mass is 216 g/mol. The third-order valence-corrected chi connectivity index (χ3v) is 1.53. The molecule has 0 aliphatic rings. The number of nitrogens with two attached hydrogens (primary N) is 1. The number of nitrogens with one attached hydrogen (secondary N) is 1. The Balaban J connectivity index is 4.17. The van der Waals surface area contributed by atoms with Crippen LogP contribution in [0.5, 0.6) is 0 Å². The fourth-order valence-electron chi connectivity index (χ4n) is 0.794. The van der Waals surface area contributed by atoms with Crippen LogP contribution in [0.2, 0.25) is 0 Å². The van der Waals surface area contributed by atoms with Gasteiger partial charge in [0.15, 0.2) is 0 Å². The van der Waals surface area contributed by atoms with Gasteiger partial charge in [0.1, 0.15) is 11.6 Å². The van der Waals surface area contributed by atoms with E-state index in [1.807, 2.05) is 0 Å². The van der Waals surface area contributed by atoms with Gasteiger partial charge in [-0.05, 0) is 34.6 Å². The highest BCUT2D eigenvalue weighted by Gasteiger charge is 2.23. The first kappa shape index (κ1) is 13.9. The second-order valence-electron chi connectivity index (χ2n) is 4.55. The van der Waals surface area contributed by atoms with Crippen LogP contribution >= 0.6 is 0 Å². The summed E-state index contributed by atoms with van der Waals surface area (Å²) in [6, 6.07) is -1.31. The van der Waals surface area contributed by atoms with Gasteiger partial charge >= 0.3 is 5.97 Å². The van der Waals surface area contributed by atoms with Gasteiger partial charge in [-0.15, -0.1) is 0 Å². The summed E-state index contributed by atoms with van der Waals surface area (Å²) in [5.74, 6) is -0.829. The Morgan fingerprint density at radius 2 is 1.73 bits per heavy atom. The van der Waals surface area contributed by atoms with Gasteiger partial charge in [0.2, 0.25) is 5.91 Å². The first-order valence-corrected chi connectivity index (χ1v) is 4.92. The van der Waals surface area contributed by atoms with Crippen molar-refractivity contribution in [2.45, 2.75) is 52.3 Å². The van der Waals surface area contributed by atoms with Crippen LogP contribution in [0.3, 0.4) is 0 Å². The standard InChI is InChI=1S/C10H20N2O3/c1-6(11)8(13)12-7(2)9(14)15-10(3,4)5/h6-7H,11H2,1-5H3,(H,12,13)/t6-,7+/m1/s1. The Bertz CT molecular complexity index is 244. The molecule has 1 amide bonds. The fourth-order valence-corrected chi connectivity index (χ4v) is 0.794. The molecule has 2 atom stereocenters. The third-order valence-electron chi connectivity index (χ3n) is 1.53. The molecule has 0 aromatic heterocycles. The van der Waals surface area contributed by atoms with Crippen molar-refractivity contribution >= 4 is 11.9 Å². The zero-order valence-electron chi connectivity index (χ0n) is 9.96. The van der Waals surface area contributed by atoms with Crippen molar-refractivity contribution in [3.63, 3.8) is 0 Å². The summed E-state index contributed by atoms with van der Waals surface area (Å²) >= 11 is 0. The van der Waals surface area contributed by atoms with Crippen LogP contribution in [0, 0.1) is 0 Å². The minimum absolute atomic E-state index is 0.367. The number of hydrogen-bond donors (Lipinski definition) is 2. The summed E-state index contributed by atoms with van der Waals surface area (Å²) < 4.78 is 5.09. The molecule has 0 aliphatic carbocycles. The van der Waals surface area contributed by atoms with E-state index in [1.54, 1.807) is 34.6 Å². The molecular formula is C10H20N2O3. The van der Waals surface area contributed by atoms with E-state index in [-0.39, 0.29) is 5.91 Å². The molecule has 3 N–H and O–H groups in total. The van der Waals surface area contributed by atoms with Crippen LogP contribution in [-0.2, 0) is 14.3 Å². The third kappa shape index (κ3) is 6.06. The van der Waals surface area contributed by atoms with E-state index in [0.29, 0.717) is 0 Å². The summed E-state index contributed by atoms with van der Waals surface area (Å²) in [4.78, 5) is 22.6. The SMILES string of the molecule is C[C@H](NC(=O)[C@@H](C)N)C(=O)OC(C)(C)C. The molecule has 0 saturated carbocycles. The van der Waals surface area contributed by atoms with E-state index < -0.39 is 23.7 Å². The smallest absolute Gasteiger partial charge is 0.328 e. The minimum Gasteiger partial charge on any atom is -0.458 e. The molecule has 5 nitrogen and oxygen atoms in total. The first-order chi connectivity index (χ1) is 6.63. The summed E-state index contributed by atoms with van der Waals surface area (Å²) in [6.07, 6.45) is 0. The van der Waals surface area contributed by atoms with Gasteiger partial charge in [-0.1, -0.05) is 0 Å². The second-order valence-corrected chi connectivity index (χ2v) is 4.55. The lowest BCUT2D eigenvalue weighted by Crippen LogP contribution is -2.47. The highest BCUT2D eigenvalue weighted by molar-refractivity contribution is 5.86. The Kier molecular flexibility index (Phi) is 4.74. The summed E-state index contributed by atoms with van der Waals surface area (Å²) in [6.45, 7) is 8.42. The molecule has 0 spiro atoms. The number of hydrogen-bond acceptors (Lipinski definition) is 4. The second kappa shape index (κ2) is 5.11. The Labute approximate surface area is 90.4 Å². The first-order valence-electron chi connectivity index (χ1n) is 4.92. The van der Waals surface area contributed by atoms with Gasteiger partial charge in [0.05, 0.1) is 6.04 Å². The van der Waals surface area contributed by atoms with Crippen LogP contribution in [0.1, 0.15) is 34.6 Å². The number of carbonyl (C=O) groups excluding carboxylic acids is 2. The lowest BCUT2D eigenvalue weighted by Gasteiger charge is -2.23. The van der Waals surface area contributed by atoms with Gasteiger partial charge < -0.3 is 15.8 Å². The largest absolute Gasteiger partial charge is 0.458 e. The average molecular weight is 216 g/mol. The number of carbonyl (C=O) groups is 2. The quantitative estimate of drug-likeness (QED) is 0.659. The van der Waals surface area contributed by atoms with Crippen molar-refractivity contribution in [3.8, 4) is 0 Å². The molecule has 0 unspecified atom stereocenters. The zero-order chi connectivity index (χ0) is 12.2. The predicted octanol–water partition coefficient (Wildman–Crippen LogP) is 0.180. The van der Waals surface area contributed by atoms with Crippen molar-refractivity contribution in [2.24, 2.45) is 5.73 Å². The maximum atomic E-state index is 11.4. The summed E-state index contributed by atoms with van der Waals surface area (Å²) in [7, 11) is 0.